The number of ether oxygens (including phenoxy) is 1. The van der Waals surface area contributed by atoms with Gasteiger partial charge in [-0.2, -0.15) is 4.31 Å². The first-order chi connectivity index (χ1) is 15.5. The average molecular weight is 475 g/mol. The van der Waals surface area contributed by atoms with E-state index in [0.29, 0.717) is 62.7 Å². The average Bonchev–Trinajstić information content (AvgIpc) is 3.53. The molecule has 32 heavy (non-hydrogen) atoms. The van der Waals surface area contributed by atoms with Crippen molar-refractivity contribution in [2.45, 2.75) is 31.3 Å². The summed E-state index contributed by atoms with van der Waals surface area (Å²) < 4.78 is 38.9. The molecule has 0 radical (unpaired) electrons. The van der Waals surface area contributed by atoms with Gasteiger partial charge in [0.1, 0.15) is 5.76 Å². The zero-order valence-corrected chi connectivity index (χ0v) is 19.5. The number of hydrogen-bond acceptors (Lipinski definition) is 6. The smallest absolute Gasteiger partial charge is 0.254 e. The number of hydrogen-bond donors (Lipinski definition) is 0. The third-order valence-electron chi connectivity index (χ3n) is 5.42. The molecule has 170 valence electrons. The number of aryl methyl sites for hydroxylation is 1. The highest BCUT2D eigenvalue weighted by Crippen LogP contribution is 2.25. The van der Waals surface area contributed by atoms with Gasteiger partial charge in [-0.15, -0.1) is 11.3 Å². The van der Waals surface area contributed by atoms with Crippen LogP contribution in [-0.2, 0) is 34.3 Å². The van der Waals surface area contributed by atoms with Crippen LogP contribution in [0.3, 0.4) is 0 Å². The second kappa shape index (κ2) is 9.99. The van der Waals surface area contributed by atoms with E-state index in [0.717, 1.165) is 4.88 Å². The van der Waals surface area contributed by atoms with Crippen molar-refractivity contribution in [1.29, 1.82) is 0 Å². The normalized spacial score (nSPS) is 15.0. The molecule has 0 saturated carbocycles. The Balaban J connectivity index is 1.67. The summed E-state index contributed by atoms with van der Waals surface area (Å²) in [6, 6.07) is 12.5. The Hall–Kier alpha value is -2.46. The summed E-state index contributed by atoms with van der Waals surface area (Å²) in [7, 11) is -3.72. The number of morpholine rings is 1. The molecule has 1 aliphatic rings. The van der Waals surface area contributed by atoms with Crippen LogP contribution in [-0.4, -0.2) is 49.8 Å². The lowest BCUT2D eigenvalue weighted by molar-refractivity contribution is 0.0717. The van der Waals surface area contributed by atoms with Crippen molar-refractivity contribution >= 4 is 27.3 Å². The van der Waals surface area contributed by atoms with Crippen LogP contribution >= 0.6 is 11.3 Å². The second-order valence-corrected chi connectivity index (χ2v) is 10.5. The molecule has 1 fully saturated rings. The van der Waals surface area contributed by atoms with E-state index in [9.17, 15) is 13.2 Å². The van der Waals surface area contributed by atoms with E-state index >= 15 is 0 Å². The van der Waals surface area contributed by atoms with Crippen LogP contribution < -0.4 is 0 Å². The lowest BCUT2D eigenvalue weighted by Crippen LogP contribution is -2.41. The van der Waals surface area contributed by atoms with E-state index in [1.54, 1.807) is 40.7 Å². The maximum absolute atomic E-state index is 13.5. The number of carbonyl (C=O) groups excluding carboxylic acids is 1. The quantitative estimate of drug-likeness (QED) is 0.497. The number of carbonyl (C=O) groups is 1. The highest BCUT2D eigenvalue weighted by Gasteiger charge is 2.29. The molecule has 4 rings (SSSR count). The molecule has 1 saturated heterocycles. The summed E-state index contributed by atoms with van der Waals surface area (Å²) in [5.41, 5.74) is 1.04. The lowest BCUT2D eigenvalue weighted by Gasteiger charge is -2.27. The Morgan fingerprint density at radius 3 is 2.59 bits per heavy atom. The molecule has 1 aliphatic heterocycles. The summed E-state index contributed by atoms with van der Waals surface area (Å²) in [5, 5.41) is 1.97. The minimum Gasteiger partial charge on any atom is -0.467 e. The molecule has 3 aromatic rings. The van der Waals surface area contributed by atoms with Crippen LogP contribution in [0.5, 0.6) is 0 Å². The first kappa shape index (κ1) is 22.7. The Bertz CT molecular complexity index is 1100. The number of amides is 1. The summed E-state index contributed by atoms with van der Waals surface area (Å²) in [4.78, 5) is 16.4. The van der Waals surface area contributed by atoms with Crippen molar-refractivity contribution in [2.24, 2.45) is 0 Å². The van der Waals surface area contributed by atoms with Crippen molar-refractivity contribution in [3.8, 4) is 0 Å². The van der Waals surface area contributed by atoms with E-state index in [-0.39, 0.29) is 10.8 Å². The lowest BCUT2D eigenvalue weighted by atomic mass is 10.1. The van der Waals surface area contributed by atoms with Crippen molar-refractivity contribution in [3.05, 3.63) is 75.9 Å². The van der Waals surface area contributed by atoms with Crippen molar-refractivity contribution in [2.75, 3.05) is 26.3 Å². The SMILES string of the molecule is CCc1ccc(C(=O)N(Cc2ccco2)Cc2cccs2)cc1S(=O)(=O)N1CCOCC1. The predicted molar refractivity (Wildman–Crippen MR) is 122 cm³/mol. The first-order valence-electron chi connectivity index (χ1n) is 10.5. The zero-order valence-electron chi connectivity index (χ0n) is 17.9. The predicted octanol–water partition coefficient (Wildman–Crippen LogP) is 3.77. The van der Waals surface area contributed by atoms with Gasteiger partial charge in [0.15, 0.2) is 0 Å². The minimum atomic E-state index is -3.72. The van der Waals surface area contributed by atoms with E-state index in [2.05, 4.69) is 0 Å². The van der Waals surface area contributed by atoms with Gasteiger partial charge in [-0.1, -0.05) is 19.1 Å². The van der Waals surface area contributed by atoms with Gasteiger partial charge in [0.25, 0.3) is 5.91 Å². The van der Waals surface area contributed by atoms with Crippen LogP contribution in [0.4, 0.5) is 0 Å². The highest BCUT2D eigenvalue weighted by atomic mass is 32.2. The Morgan fingerprint density at radius 2 is 1.94 bits per heavy atom. The van der Waals surface area contributed by atoms with Gasteiger partial charge in [-0.25, -0.2) is 8.42 Å². The molecule has 0 atom stereocenters. The third kappa shape index (κ3) is 4.96. The molecule has 0 spiro atoms. The fraction of sp³-hybridized carbons (Fsp3) is 0.348. The maximum Gasteiger partial charge on any atom is 0.254 e. The number of rotatable bonds is 8. The summed E-state index contributed by atoms with van der Waals surface area (Å²) in [5.74, 6) is 0.428. The van der Waals surface area contributed by atoms with Crippen molar-refractivity contribution in [3.63, 3.8) is 0 Å². The number of nitrogens with zero attached hydrogens (tertiary/aromatic N) is 2. The van der Waals surface area contributed by atoms with Crippen molar-refractivity contribution < 1.29 is 22.4 Å². The zero-order chi connectivity index (χ0) is 22.6. The van der Waals surface area contributed by atoms with Crippen LogP contribution in [0.25, 0.3) is 0 Å². The largest absolute Gasteiger partial charge is 0.467 e. The van der Waals surface area contributed by atoms with Gasteiger partial charge >= 0.3 is 0 Å². The van der Waals surface area contributed by atoms with Crippen LogP contribution in [0.15, 0.2) is 63.4 Å². The molecule has 0 unspecified atom stereocenters. The topological polar surface area (TPSA) is 80.1 Å². The second-order valence-electron chi connectivity index (χ2n) is 7.51. The van der Waals surface area contributed by atoms with Gasteiger partial charge in [0.2, 0.25) is 10.0 Å². The van der Waals surface area contributed by atoms with Crippen LogP contribution in [0, 0.1) is 0 Å². The summed E-state index contributed by atoms with van der Waals surface area (Å²) in [6.45, 7) is 3.99. The molecular formula is C23H26N2O5S2. The van der Waals surface area contributed by atoms with Gasteiger partial charge in [-0.3, -0.25) is 4.79 Å². The Morgan fingerprint density at radius 1 is 1.12 bits per heavy atom. The van der Waals surface area contributed by atoms with Gasteiger partial charge in [-0.05, 0) is 47.7 Å². The molecule has 0 N–H and O–H groups in total. The molecule has 1 aromatic carbocycles. The van der Waals surface area contributed by atoms with E-state index in [1.165, 1.54) is 10.4 Å². The van der Waals surface area contributed by atoms with Crippen LogP contribution in [0.1, 0.15) is 33.5 Å². The summed E-state index contributed by atoms with van der Waals surface area (Å²) in [6.07, 6.45) is 2.13. The Labute approximate surface area is 192 Å². The number of thiophene rings is 1. The van der Waals surface area contributed by atoms with Gasteiger partial charge in [0, 0.05) is 23.5 Å². The first-order valence-corrected chi connectivity index (χ1v) is 12.9. The number of sulfonamides is 1. The molecule has 0 bridgehead atoms. The fourth-order valence-corrected chi connectivity index (χ4v) is 6.16. The monoisotopic (exact) mass is 474 g/mol. The third-order valence-corrected chi connectivity index (χ3v) is 8.27. The molecule has 0 aliphatic carbocycles. The number of benzene rings is 1. The molecule has 3 heterocycles. The molecule has 7 nitrogen and oxygen atoms in total. The molecular weight excluding hydrogens is 448 g/mol. The van der Waals surface area contributed by atoms with Crippen LogP contribution in [0.2, 0.25) is 0 Å². The molecule has 2 aromatic heterocycles. The molecule has 9 heteroatoms. The minimum absolute atomic E-state index is 0.196. The van der Waals surface area contributed by atoms with E-state index < -0.39 is 10.0 Å². The van der Waals surface area contributed by atoms with Crippen molar-refractivity contribution in [1.82, 2.24) is 9.21 Å². The van der Waals surface area contributed by atoms with E-state index in [4.69, 9.17) is 9.15 Å². The van der Waals surface area contributed by atoms with E-state index in [1.807, 2.05) is 30.5 Å². The highest BCUT2D eigenvalue weighted by molar-refractivity contribution is 7.89. The molecule has 1 amide bonds. The van der Waals surface area contributed by atoms with Gasteiger partial charge < -0.3 is 14.1 Å². The van der Waals surface area contributed by atoms with Gasteiger partial charge in [0.05, 0.1) is 37.5 Å². The summed E-state index contributed by atoms with van der Waals surface area (Å²) >= 11 is 1.57. The number of furan rings is 1. The fourth-order valence-electron chi connectivity index (χ4n) is 3.71. The maximum atomic E-state index is 13.5. The standard InChI is InChI=1S/C23H26N2O5S2/c1-2-18-7-8-19(15-22(18)32(27,28)25-9-12-29-13-10-25)23(26)24(16-20-5-3-11-30-20)17-21-6-4-14-31-21/h3-8,11,14-15H,2,9-10,12-13,16-17H2,1H3. The Kier molecular flexibility index (Phi) is 7.10.